The number of aryl methyl sites for hydroxylation is 2. The molecular weight excluding hydrogens is 443 g/mol. The monoisotopic (exact) mass is 464 g/mol. The zero-order chi connectivity index (χ0) is 16.8. The average molecular weight is 465 g/mol. The first-order valence-electron chi connectivity index (χ1n) is 7.45. The molecule has 1 aromatic heterocycles. The minimum absolute atomic E-state index is 0. The molecule has 0 aliphatic rings. The number of nitrogens with two attached hydrogens (primary N) is 1. The molecule has 2 rings (SSSR count). The Morgan fingerprint density at radius 1 is 1.38 bits per heavy atom. The minimum atomic E-state index is 0. The number of hydrogen-bond donors (Lipinski definition) is 2. The maximum absolute atomic E-state index is 6.08. The number of guanidine groups is 1. The smallest absolute Gasteiger partial charge is 0.193 e. The normalized spacial score (nSPS) is 11.1. The van der Waals surface area contributed by atoms with E-state index in [-0.39, 0.29) is 24.0 Å². The first-order chi connectivity index (χ1) is 11.1. The molecule has 0 spiro atoms. The molecule has 0 aliphatic heterocycles. The van der Waals surface area contributed by atoms with Crippen LogP contribution < -0.4 is 15.8 Å². The van der Waals surface area contributed by atoms with Gasteiger partial charge in [-0.3, -0.25) is 0 Å². The molecule has 0 aliphatic carbocycles. The van der Waals surface area contributed by atoms with E-state index in [1.807, 2.05) is 19.9 Å². The van der Waals surface area contributed by atoms with E-state index < -0.39 is 0 Å². The Kier molecular flexibility index (Phi) is 8.34. The third kappa shape index (κ3) is 5.01. The Labute approximate surface area is 163 Å². The summed E-state index contributed by atoms with van der Waals surface area (Å²) in [5, 5.41) is 7.57. The summed E-state index contributed by atoms with van der Waals surface area (Å²) >= 11 is 6.08. The van der Waals surface area contributed by atoms with E-state index in [0.29, 0.717) is 23.3 Å². The van der Waals surface area contributed by atoms with Crippen LogP contribution in [0.4, 0.5) is 5.69 Å². The van der Waals surface area contributed by atoms with Crippen molar-refractivity contribution in [3.63, 3.8) is 0 Å². The Hall–Kier alpha value is -1.48. The Morgan fingerprint density at radius 2 is 2.12 bits per heavy atom. The molecule has 3 N–H and O–H groups in total. The van der Waals surface area contributed by atoms with Gasteiger partial charge in [0.15, 0.2) is 5.96 Å². The van der Waals surface area contributed by atoms with Gasteiger partial charge in [-0.15, -0.1) is 24.0 Å². The van der Waals surface area contributed by atoms with Crippen molar-refractivity contribution in [2.75, 3.05) is 12.4 Å². The van der Waals surface area contributed by atoms with Crippen molar-refractivity contribution in [3.8, 4) is 5.75 Å². The molecule has 0 radical (unpaired) electrons. The lowest BCUT2D eigenvalue weighted by atomic mass is 10.1. The molecule has 0 amide bonds. The van der Waals surface area contributed by atoms with Gasteiger partial charge in [0.2, 0.25) is 0 Å². The molecule has 8 heteroatoms. The second-order valence-electron chi connectivity index (χ2n) is 4.91. The second-order valence-corrected chi connectivity index (χ2v) is 5.32. The molecule has 0 saturated carbocycles. The third-order valence-corrected chi connectivity index (χ3v) is 3.73. The third-order valence-electron chi connectivity index (χ3n) is 3.44. The molecule has 0 bridgehead atoms. The second kappa shape index (κ2) is 9.73. The number of aromatic nitrogens is 1. The highest BCUT2D eigenvalue weighted by Crippen LogP contribution is 2.27. The van der Waals surface area contributed by atoms with Crippen LogP contribution in [-0.2, 0) is 19.4 Å². The van der Waals surface area contributed by atoms with Crippen LogP contribution in [0, 0.1) is 0 Å². The van der Waals surface area contributed by atoms with Crippen LogP contribution in [0.25, 0.3) is 0 Å². The van der Waals surface area contributed by atoms with Gasteiger partial charge in [0, 0.05) is 17.7 Å². The van der Waals surface area contributed by atoms with Gasteiger partial charge in [0.25, 0.3) is 0 Å². The summed E-state index contributed by atoms with van der Waals surface area (Å²) < 4.78 is 10.4. The Bertz CT molecular complexity index is 682. The lowest BCUT2D eigenvalue weighted by Gasteiger charge is -2.08. The van der Waals surface area contributed by atoms with Crippen molar-refractivity contribution in [1.29, 1.82) is 0 Å². The van der Waals surface area contributed by atoms with Gasteiger partial charge in [-0.25, -0.2) is 4.99 Å². The predicted octanol–water partition coefficient (Wildman–Crippen LogP) is 4.01. The van der Waals surface area contributed by atoms with Crippen LogP contribution in [0.1, 0.15) is 30.9 Å². The van der Waals surface area contributed by atoms with E-state index >= 15 is 0 Å². The van der Waals surface area contributed by atoms with Crippen LogP contribution in [-0.4, -0.2) is 18.2 Å². The van der Waals surface area contributed by atoms with Crippen LogP contribution >= 0.6 is 35.6 Å². The maximum atomic E-state index is 6.08. The van der Waals surface area contributed by atoms with Gasteiger partial charge in [0.1, 0.15) is 11.5 Å². The SMILES string of the molecule is CCc1noc(CC)c1CN=C(N)Nc1ccc(OC)c(Cl)c1.I. The van der Waals surface area contributed by atoms with Crippen LogP contribution in [0.2, 0.25) is 5.02 Å². The van der Waals surface area contributed by atoms with Gasteiger partial charge >= 0.3 is 0 Å². The fourth-order valence-corrected chi connectivity index (χ4v) is 2.47. The average Bonchev–Trinajstić information content (AvgIpc) is 2.95. The standard InChI is InChI=1S/C16H21ClN4O2.HI/c1-4-13-11(14(5-2)23-21-13)9-19-16(18)20-10-6-7-15(22-3)12(17)8-10;/h6-8H,4-5,9H2,1-3H3,(H3,18,19,20);1H. The zero-order valence-corrected chi connectivity index (χ0v) is 17.0. The van der Waals surface area contributed by atoms with Gasteiger partial charge in [-0.05, 0) is 24.6 Å². The maximum Gasteiger partial charge on any atom is 0.193 e. The molecule has 0 atom stereocenters. The highest BCUT2D eigenvalue weighted by molar-refractivity contribution is 14.0. The fourth-order valence-electron chi connectivity index (χ4n) is 2.21. The molecule has 1 heterocycles. The predicted molar refractivity (Wildman–Crippen MR) is 108 cm³/mol. The van der Waals surface area contributed by atoms with Gasteiger partial charge in [-0.1, -0.05) is 30.6 Å². The number of rotatable bonds is 6. The van der Waals surface area contributed by atoms with E-state index in [0.717, 1.165) is 35.5 Å². The number of nitrogens with zero attached hydrogens (tertiary/aromatic N) is 2. The van der Waals surface area contributed by atoms with Crippen LogP contribution in [0.5, 0.6) is 5.75 Å². The summed E-state index contributed by atoms with van der Waals surface area (Å²) in [7, 11) is 1.57. The number of ether oxygens (including phenoxy) is 1. The first-order valence-corrected chi connectivity index (χ1v) is 7.83. The number of benzene rings is 1. The summed E-state index contributed by atoms with van der Waals surface area (Å²) in [5.41, 5.74) is 8.61. The van der Waals surface area contributed by atoms with E-state index in [1.165, 1.54) is 0 Å². The zero-order valence-electron chi connectivity index (χ0n) is 13.9. The number of halogens is 2. The van der Waals surface area contributed by atoms with Gasteiger partial charge < -0.3 is 20.3 Å². The van der Waals surface area contributed by atoms with Crippen molar-refractivity contribution in [2.45, 2.75) is 33.2 Å². The summed E-state index contributed by atoms with van der Waals surface area (Å²) in [6.07, 6.45) is 1.58. The Balaban J connectivity index is 0.00000288. The van der Waals surface area contributed by atoms with E-state index in [4.69, 9.17) is 26.6 Å². The number of nitrogens with one attached hydrogen (secondary N) is 1. The first kappa shape index (κ1) is 20.6. The fraction of sp³-hybridized carbons (Fsp3) is 0.375. The largest absolute Gasteiger partial charge is 0.495 e. The quantitative estimate of drug-likeness (QED) is 0.383. The molecule has 0 fully saturated rings. The highest BCUT2D eigenvalue weighted by Gasteiger charge is 2.12. The summed E-state index contributed by atoms with van der Waals surface area (Å²) in [4.78, 5) is 4.36. The molecular formula is C16H22ClIN4O2. The molecule has 6 nitrogen and oxygen atoms in total. The van der Waals surface area contributed by atoms with Crippen LogP contribution in [0.3, 0.4) is 0 Å². The van der Waals surface area contributed by atoms with Crippen molar-refractivity contribution >= 4 is 47.2 Å². The van der Waals surface area contributed by atoms with E-state index in [2.05, 4.69) is 15.5 Å². The van der Waals surface area contributed by atoms with Gasteiger partial charge in [0.05, 0.1) is 24.4 Å². The van der Waals surface area contributed by atoms with E-state index in [9.17, 15) is 0 Å². The number of aliphatic imine (C=N–C) groups is 1. The summed E-state index contributed by atoms with van der Waals surface area (Å²) in [5.74, 6) is 1.76. The number of methoxy groups -OCH3 is 1. The number of anilines is 1. The van der Waals surface area contributed by atoms with Crippen LogP contribution in [0.15, 0.2) is 27.7 Å². The van der Waals surface area contributed by atoms with E-state index in [1.54, 1.807) is 19.2 Å². The Morgan fingerprint density at radius 3 is 2.71 bits per heavy atom. The molecule has 1 aromatic carbocycles. The number of hydrogen-bond acceptors (Lipinski definition) is 4. The van der Waals surface area contributed by atoms with Crippen molar-refractivity contribution in [1.82, 2.24) is 5.16 Å². The minimum Gasteiger partial charge on any atom is -0.495 e. The molecule has 132 valence electrons. The lowest BCUT2D eigenvalue weighted by molar-refractivity contribution is 0.380. The molecule has 2 aromatic rings. The highest BCUT2D eigenvalue weighted by atomic mass is 127. The lowest BCUT2D eigenvalue weighted by Crippen LogP contribution is -2.22. The molecule has 0 unspecified atom stereocenters. The van der Waals surface area contributed by atoms with Crippen molar-refractivity contribution in [2.24, 2.45) is 10.7 Å². The molecule has 0 saturated heterocycles. The van der Waals surface area contributed by atoms with Crippen molar-refractivity contribution < 1.29 is 9.26 Å². The summed E-state index contributed by atoms with van der Waals surface area (Å²) in [6.45, 7) is 4.48. The molecule has 24 heavy (non-hydrogen) atoms. The van der Waals surface area contributed by atoms with Gasteiger partial charge in [-0.2, -0.15) is 0 Å². The topological polar surface area (TPSA) is 85.7 Å². The van der Waals surface area contributed by atoms with Crippen molar-refractivity contribution in [3.05, 3.63) is 40.2 Å². The summed E-state index contributed by atoms with van der Waals surface area (Å²) in [6, 6.07) is 5.32.